The maximum absolute atomic E-state index is 11.6. The van der Waals surface area contributed by atoms with Crippen LogP contribution in [0.25, 0.3) is 0 Å². The summed E-state index contributed by atoms with van der Waals surface area (Å²) in [6.45, 7) is 2.04. The zero-order valence-corrected chi connectivity index (χ0v) is 10.5. The number of carbonyl (C=O) groups excluding carboxylic acids is 1. The monoisotopic (exact) mass is 250 g/mol. The second kappa shape index (κ2) is 5.63. The van der Waals surface area contributed by atoms with E-state index in [0.29, 0.717) is 19.4 Å². The molecule has 0 aromatic carbocycles. The number of rotatable bonds is 4. The van der Waals surface area contributed by atoms with Gasteiger partial charge in [0.2, 0.25) is 0 Å². The lowest BCUT2D eigenvalue weighted by Crippen LogP contribution is -2.36. The SMILES string of the molecule is CCOC(=O)C1CCCCC1OS(C)(=O)=O. The Hall–Kier alpha value is -0.620. The quantitative estimate of drug-likeness (QED) is 0.551. The predicted octanol–water partition coefficient (Wildman–Crippen LogP) is 1.08. The molecule has 1 rings (SSSR count). The molecule has 1 aliphatic rings. The second-order valence-corrected chi connectivity index (χ2v) is 5.58. The van der Waals surface area contributed by atoms with E-state index in [2.05, 4.69) is 0 Å². The highest BCUT2D eigenvalue weighted by molar-refractivity contribution is 7.86. The van der Waals surface area contributed by atoms with E-state index >= 15 is 0 Å². The molecule has 6 heteroatoms. The van der Waals surface area contributed by atoms with Crippen LogP contribution in [0, 0.1) is 5.92 Å². The molecular weight excluding hydrogens is 232 g/mol. The molecule has 0 radical (unpaired) electrons. The van der Waals surface area contributed by atoms with Crippen molar-refractivity contribution in [3.8, 4) is 0 Å². The fourth-order valence-corrected chi connectivity index (χ4v) is 2.63. The van der Waals surface area contributed by atoms with Gasteiger partial charge in [-0.1, -0.05) is 12.8 Å². The maximum atomic E-state index is 11.6. The molecule has 0 heterocycles. The van der Waals surface area contributed by atoms with Crippen molar-refractivity contribution in [3.05, 3.63) is 0 Å². The summed E-state index contributed by atoms with van der Waals surface area (Å²) >= 11 is 0. The average molecular weight is 250 g/mol. The predicted molar refractivity (Wildman–Crippen MR) is 58.3 cm³/mol. The fraction of sp³-hybridized carbons (Fsp3) is 0.900. The first-order valence-electron chi connectivity index (χ1n) is 5.49. The molecule has 5 nitrogen and oxygen atoms in total. The number of esters is 1. The molecular formula is C10H18O5S. The third kappa shape index (κ3) is 4.09. The Bertz CT molecular complexity index is 335. The zero-order valence-electron chi connectivity index (χ0n) is 9.64. The van der Waals surface area contributed by atoms with Gasteiger partial charge in [-0.2, -0.15) is 8.42 Å². The third-order valence-corrected chi connectivity index (χ3v) is 3.19. The van der Waals surface area contributed by atoms with Crippen molar-refractivity contribution >= 4 is 16.1 Å². The number of hydrogen-bond acceptors (Lipinski definition) is 5. The van der Waals surface area contributed by atoms with Crippen molar-refractivity contribution in [3.63, 3.8) is 0 Å². The zero-order chi connectivity index (χ0) is 12.2. The molecule has 0 spiro atoms. The Kier molecular flexibility index (Phi) is 4.73. The van der Waals surface area contributed by atoms with Crippen molar-refractivity contribution in [1.29, 1.82) is 0 Å². The van der Waals surface area contributed by atoms with Crippen LogP contribution < -0.4 is 0 Å². The lowest BCUT2D eigenvalue weighted by atomic mass is 9.87. The fourth-order valence-electron chi connectivity index (χ4n) is 1.96. The molecule has 0 bridgehead atoms. The van der Waals surface area contributed by atoms with Crippen LogP contribution in [-0.4, -0.2) is 33.4 Å². The Morgan fingerprint density at radius 2 is 1.94 bits per heavy atom. The topological polar surface area (TPSA) is 69.7 Å². The van der Waals surface area contributed by atoms with Gasteiger partial charge in [0.05, 0.1) is 24.9 Å². The van der Waals surface area contributed by atoms with Crippen LogP contribution in [0.4, 0.5) is 0 Å². The number of hydrogen-bond donors (Lipinski definition) is 0. The third-order valence-electron chi connectivity index (χ3n) is 2.59. The van der Waals surface area contributed by atoms with E-state index in [1.807, 2.05) is 0 Å². The maximum Gasteiger partial charge on any atom is 0.311 e. The van der Waals surface area contributed by atoms with Crippen LogP contribution in [0.2, 0.25) is 0 Å². The van der Waals surface area contributed by atoms with Gasteiger partial charge in [0.1, 0.15) is 0 Å². The highest BCUT2D eigenvalue weighted by Crippen LogP contribution is 2.28. The Labute approximate surface area is 96.2 Å². The lowest BCUT2D eigenvalue weighted by Gasteiger charge is -2.28. The van der Waals surface area contributed by atoms with Crippen molar-refractivity contribution in [2.75, 3.05) is 12.9 Å². The summed E-state index contributed by atoms with van der Waals surface area (Å²) in [5.41, 5.74) is 0. The highest BCUT2D eigenvalue weighted by Gasteiger charge is 2.34. The van der Waals surface area contributed by atoms with Gasteiger partial charge in [0, 0.05) is 0 Å². The van der Waals surface area contributed by atoms with Gasteiger partial charge in [-0.15, -0.1) is 0 Å². The molecule has 0 aromatic heterocycles. The normalized spacial score (nSPS) is 26.4. The van der Waals surface area contributed by atoms with Crippen LogP contribution >= 0.6 is 0 Å². The van der Waals surface area contributed by atoms with Gasteiger partial charge in [-0.05, 0) is 19.8 Å². The number of ether oxygens (including phenoxy) is 1. The first-order valence-corrected chi connectivity index (χ1v) is 7.30. The molecule has 0 saturated heterocycles. The molecule has 0 N–H and O–H groups in total. The van der Waals surface area contributed by atoms with Crippen molar-refractivity contribution < 1.29 is 22.1 Å². The van der Waals surface area contributed by atoms with Crippen LogP contribution in [0.5, 0.6) is 0 Å². The molecule has 2 atom stereocenters. The minimum absolute atomic E-state index is 0.306. The molecule has 0 aromatic rings. The van der Waals surface area contributed by atoms with Gasteiger partial charge in [0.25, 0.3) is 10.1 Å². The van der Waals surface area contributed by atoms with E-state index in [1.165, 1.54) is 0 Å². The molecule has 16 heavy (non-hydrogen) atoms. The second-order valence-electron chi connectivity index (χ2n) is 3.98. The van der Waals surface area contributed by atoms with E-state index in [9.17, 15) is 13.2 Å². The van der Waals surface area contributed by atoms with Gasteiger partial charge >= 0.3 is 5.97 Å². The van der Waals surface area contributed by atoms with E-state index in [4.69, 9.17) is 8.92 Å². The highest BCUT2D eigenvalue weighted by atomic mass is 32.2. The van der Waals surface area contributed by atoms with Gasteiger partial charge in [0.15, 0.2) is 0 Å². The summed E-state index contributed by atoms with van der Waals surface area (Å²) in [4.78, 5) is 11.6. The van der Waals surface area contributed by atoms with Crippen molar-refractivity contribution in [2.24, 2.45) is 5.92 Å². The van der Waals surface area contributed by atoms with Crippen LogP contribution in [0.3, 0.4) is 0 Å². The van der Waals surface area contributed by atoms with Crippen LogP contribution in [-0.2, 0) is 23.8 Å². The lowest BCUT2D eigenvalue weighted by molar-refractivity contribution is -0.152. The minimum atomic E-state index is -3.51. The summed E-state index contributed by atoms with van der Waals surface area (Å²) in [5.74, 6) is -0.792. The Morgan fingerprint density at radius 3 is 2.50 bits per heavy atom. The molecule has 1 saturated carbocycles. The molecule has 0 amide bonds. The molecule has 94 valence electrons. The molecule has 2 unspecified atom stereocenters. The van der Waals surface area contributed by atoms with E-state index in [0.717, 1.165) is 19.1 Å². The summed E-state index contributed by atoms with van der Waals surface area (Å²) in [6, 6.07) is 0. The van der Waals surface area contributed by atoms with Gasteiger partial charge in [-0.3, -0.25) is 8.98 Å². The average Bonchev–Trinajstić information content (AvgIpc) is 2.16. The standard InChI is InChI=1S/C10H18O5S/c1-3-14-10(11)8-6-4-5-7-9(8)15-16(2,12)13/h8-9H,3-7H2,1-2H3. The smallest absolute Gasteiger partial charge is 0.311 e. The van der Waals surface area contributed by atoms with Crippen molar-refractivity contribution in [1.82, 2.24) is 0 Å². The van der Waals surface area contributed by atoms with E-state index in [1.54, 1.807) is 6.92 Å². The summed E-state index contributed by atoms with van der Waals surface area (Å²) < 4.78 is 31.9. The first-order chi connectivity index (χ1) is 7.44. The summed E-state index contributed by atoms with van der Waals surface area (Å²) in [7, 11) is -3.51. The van der Waals surface area contributed by atoms with Crippen LogP contribution in [0.1, 0.15) is 32.6 Å². The van der Waals surface area contributed by atoms with Crippen LogP contribution in [0.15, 0.2) is 0 Å². The van der Waals surface area contributed by atoms with E-state index in [-0.39, 0.29) is 5.97 Å². The molecule has 1 fully saturated rings. The largest absolute Gasteiger partial charge is 0.466 e. The molecule has 0 aliphatic heterocycles. The van der Waals surface area contributed by atoms with Crippen molar-refractivity contribution in [2.45, 2.75) is 38.7 Å². The van der Waals surface area contributed by atoms with Gasteiger partial charge in [-0.25, -0.2) is 0 Å². The first kappa shape index (κ1) is 13.4. The molecule has 1 aliphatic carbocycles. The minimum Gasteiger partial charge on any atom is -0.466 e. The number of carbonyl (C=O) groups is 1. The van der Waals surface area contributed by atoms with E-state index < -0.39 is 22.1 Å². The summed E-state index contributed by atoms with van der Waals surface area (Å²) in [5, 5.41) is 0. The Balaban J connectivity index is 2.67. The summed E-state index contributed by atoms with van der Waals surface area (Å²) in [6.07, 6.45) is 3.48. The Morgan fingerprint density at radius 1 is 1.31 bits per heavy atom. The van der Waals surface area contributed by atoms with Gasteiger partial charge < -0.3 is 4.74 Å².